The summed E-state index contributed by atoms with van der Waals surface area (Å²) < 4.78 is 5.25. The third kappa shape index (κ3) is 3.16. The van der Waals surface area contributed by atoms with Gasteiger partial charge in [-0.15, -0.1) is 0 Å². The van der Waals surface area contributed by atoms with Gasteiger partial charge in [-0.25, -0.2) is 4.79 Å². The lowest BCUT2D eigenvalue weighted by molar-refractivity contribution is 0.0732. The van der Waals surface area contributed by atoms with Crippen LogP contribution in [0.25, 0.3) is 0 Å². The average Bonchev–Trinajstić information content (AvgIpc) is 2.47. The zero-order chi connectivity index (χ0) is 14.5. The molecular formula is C15H12ClNO3. The van der Waals surface area contributed by atoms with Crippen molar-refractivity contribution in [3.05, 3.63) is 64.7 Å². The van der Waals surface area contributed by atoms with E-state index in [1.807, 2.05) is 0 Å². The highest BCUT2D eigenvalue weighted by Crippen LogP contribution is 2.19. The Morgan fingerprint density at radius 1 is 1.05 bits per heavy atom. The zero-order valence-corrected chi connectivity index (χ0v) is 11.5. The van der Waals surface area contributed by atoms with E-state index in [2.05, 4.69) is 5.32 Å². The largest absolute Gasteiger partial charge is 0.422 e. The van der Waals surface area contributed by atoms with Crippen molar-refractivity contribution in [2.24, 2.45) is 0 Å². The summed E-state index contributed by atoms with van der Waals surface area (Å²) in [5.41, 5.74) is 0.665. The SMILES string of the molecule is CNC(=O)c1ccccc1OC(=O)c1ccc(Cl)cc1. The Balaban J connectivity index is 2.24. The van der Waals surface area contributed by atoms with Gasteiger partial charge in [0.2, 0.25) is 0 Å². The van der Waals surface area contributed by atoms with E-state index in [1.54, 1.807) is 48.5 Å². The number of carbonyl (C=O) groups is 2. The molecule has 2 aromatic rings. The molecule has 1 N–H and O–H groups in total. The van der Waals surface area contributed by atoms with E-state index in [0.29, 0.717) is 16.1 Å². The molecule has 1 amide bonds. The van der Waals surface area contributed by atoms with Gasteiger partial charge in [-0.2, -0.15) is 0 Å². The Hall–Kier alpha value is -2.33. The fourth-order valence-corrected chi connectivity index (χ4v) is 1.75. The number of ether oxygens (including phenoxy) is 1. The van der Waals surface area contributed by atoms with Crippen molar-refractivity contribution in [3.8, 4) is 5.75 Å². The van der Waals surface area contributed by atoms with Gasteiger partial charge in [0, 0.05) is 12.1 Å². The fourth-order valence-electron chi connectivity index (χ4n) is 1.62. The molecule has 5 heteroatoms. The molecule has 0 bridgehead atoms. The quantitative estimate of drug-likeness (QED) is 0.698. The van der Waals surface area contributed by atoms with Gasteiger partial charge < -0.3 is 10.1 Å². The maximum Gasteiger partial charge on any atom is 0.343 e. The number of para-hydroxylation sites is 1. The van der Waals surface area contributed by atoms with Crippen LogP contribution in [0, 0.1) is 0 Å². The van der Waals surface area contributed by atoms with Gasteiger partial charge in [-0.3, -0.25) is 4.79 Å². The van der Waals surface area contributed by atoms with E-state index in [1.165, 1.54) is 7.05 Å². The van der Waals surface area contributed by atoms with E-state index in [4.69, 9.17) is 16.3 Å². The smallest absolute Gasteiger partial charge is 0.343 e. The summed E-state index contributed by atoms with van der Waals surface area (Å²) in [6.45, 7) is 0. The van der Waals surface area contributed by atoms with Crippen molar-refractivity contribution >= 4 is 23.5 Å². The molecule has 0 heterocycles. The second-order valence-corrected chi connectivity index (χ2v) is 4.41. The second-order valence-electron chi connectivity index (χ2n) is 3.97. The minimum Gasteiger partial charge on any atom is -0.422 e. The van der Waals surface area contributed by atoms with Gasteiger partial charge in [0.25, 0.3) is 5.91 Å². The van der Waals surface area contributed by atoms with Crippen LogP contribution in [0.5, 0.6) is 5.75 Å². The molecule has 4 nitrogen and oxygen atoms in total. The molecule has 20 heavy (non-hydrogen) atoms. The number of hydrogen-bond acceptors (Lipinski definition) is 3. The van der Waals surface area contributed by atoms with Crippen molar-refractivity contribution in [1.82, 2.24) is 5.32 Å². The normalized spacial score (nSPS) is 9.90. The first kappa shape index (κ1) is 14.1. The maximum absolute atomic E-state index is 12.0. The molecular weight excluding hydrogens is 278 g/mol. The zero-order valence-electron chi connectivity index (χ0n) is 10.7. The van der Waals surface area contributed by atoms with Gasteiger partial charge in [0.15, 0.2) is 0 Å². The summed E-state index contributed by atoms with van der Waals surface area (Å²) in [5, 5.41) is 3.03. The number of hydrogen-bond donors (Lipinski definition) is 1. The number of amides is 1. The molecule has 2 rings (SSSR count). The lowest BCUT2D eigenvalue weighted by Gasteiger charge is -2.09. The molecule has 0 radical (unpaired) electrons. The number of esters is 1. The third-order valence-corrected chi connectivity index (χ3v) is 2.89. The van der Waals surface area contributed by atoms with E-state index < -0.39 is 5.97 Å². The topological polar surface area (TPSA) is 55.4 Å². The molecule has 2 aromatic carbocycles. The molecule has 0 fully saturated rings. The Morgan fingerprint density at radius 3 is 2.35 bits per heavy atom. The first-order valence-electron chi connectivity index (χ1n) is 5.90. The van der Waals surface area contributed by atoms with Crippen LogP contribution >= 0.6 is 11.6 Å². The number of halogens is 1. The van der Waals surface area contributed by atoms with Crippen molar-refractivity contribution in [3.63, 3.8) is 0 Å². The minimum absolute atomic E-state index is 0.215. The molecule has 0 unspecified atom stereocenters. The van der Waals surface area contributed by atoms with Crippen LogP contribution in [0.2, 0.25) is 5.02 Å². The Labute approximate surface area is 121 Å². The van der Waals surface area contributed by atoms with Crippen molar-refractivity contribution in [2.45, 2.75) is 0 Å². The van der Waals surface area contributed by atoms with E-state index in [0.717, 1.165) is 0 Å². The summed E-state index contributed by atoms with van der Waals surface area (Å²) in [5.74, 6) is -0.644. The monoisotopic (exact) mass is 289 g/mol. The van der Waals surface area contributed by atoms with Crippen LogP contribution in [0.15, 0.2) is 48.5 Å². The summed E-state index contributed by atoms with van der Waals surface area (Å²) in [6.07, 6.45) is 0. The first-order chi connectivity index (χ1) is 9.61. The second kappa shape index (κ2) is 6.21. The van der Waals surface area contributed by atoms with Crippen LogP contribution < -0.4 is 10.1 Å². The molecule has 0 atom stereocenters. The number of carbonyl (C=O) groups excluding carboxylic acids is 2. The van der Waals surface area contributed by atoms with Gasteiger partial charge in [-0.05, 0) is 36.4 Å². The fraction of sp³-hybridized carbons (Fsp3) is 0.0667. The van der Waals surface area contributed by atoms with E-state index in [-0.39, 0.29) is 11.7 Å². The lowest BCUT2D eigenvalue weighted by atomic mass is 10.2. The molecule has 102 valence electrons. The molecule has 0 aliphatic rings. The lowest BCUT2D eigenvalue weighted by Crippen LogP contribution is -2.20. The molecule has 0 aromatic heterocycles. The van der Waals surface area contributed by atoms with Crippen LogP contribution in [0.3, 0.4) is 0 Å². The maximum atomic E-state index is 12.0. The standard InChI is InChI=1S/C15H12ClNO3/c1-17-14(18)12-4-2-3-5-13(12)20-15(19)10-6-8-11(16)9-7-10/h2-9H,1H3,(H,17,18). The average molecular weight is 290 g/mol. The first-order valence-corrected chi connectivity index (χ1v) is 6.28. The van der Waals surface area contributed by atoms with Crippen molar-refractivity contribution in [2.75, 3.05) is 7.05 Å². The number of nitrogens with one attached hydrogen (secondary N) is 1. The van der Waals surface area contributed by atoms with Crippen LogP contribution in [-0.2, 0) is 0 Å². The summed E-state index contributed by atoms with van der Waals surface area (Å²) in [6, 6.07) is 12.9. The number of rotatable bonds is 3. The Kier molecular flexibility index (Phi) is 4.38. The molecule has 0 saturated carbocycles. The summed E-state index contributed by atoms with van der Waals surface area (Å²) >= 11 is 5.76. The summed E-state index contributed by atoms with van der Waals surface area (Å²) in [7, 11) is 1.51. The Bertz CT molecular complexity index is 638. The highest BCUT2D eigenvalue weighted by Gasteiger charge is 2.14. The minimum atomic E-state index is -0.544. The van der Waals surface area contributed by atoms with E-state index in [9.17, 15) is 9.59 Å². The molecule has 0 aliphatic carbocycles. The molecule has 0 spiro atoms. The van der Waals surface area contributed by atoms with Gasteiger partial charge in [-0.1, -0.05) is 23.7 Å². The van der Waals surface area contributed by atoms with Crippen molar-refractivity contribution < 1.29 is 14.3 Å². The Morgan fingerprint density at radius 2 is 1.70 bits per heavy atom. The predicted octanol–water partition coefficient (Wildman–Crippen LogP) is 2.92. The van der Waals surface area contributed by atoms with Crippen LogP contribution in [-0.4, -0.2) is 18.9 Å². The van der Waals surface area contributed by atoms with Crippen molar-refractivity contribution in [1.29, 1.82) is 0 Å². The van der Waals surface area contributed by atoms with Gasteiger partial charge >= 0.3 is 5.97 Å². The van der Waals surface area contributed by atoms with E-state index >= 15 is 0 Å². The van der Waals surface area contributed by atoms with Crippen LogP contribution in [0.1, 0.15) is 20.7 Å². The molecule has 0 aliphatic heterocycles. The van der Waals surface area contributed by atoms with Gasteiger partial charge in [0.1, 0.15) is 5.75 Å². The highest BCUT2D eigenvalue weighted by molar-refractivity contribution is 6.30. The van der Waals surface area contributed by atoms with Gasteiger partial charge in [0.05, 0.1) is 11.1 Å². The van der Waals surface area contributed by atoms with Crippen LogP contribution in [0.4, 0.5) is 0 Å². The third-order valence-electron chi connectivity index (χ3n) is 2.64. The number of benzene rings is 2. The predicted molar refractivity (Wildman–Crippen MR) is 76.2 cm³/mol. The summed E-state index contributed by atoms with van der Waals surface area (Å²) in [4.78, 5) is 23.7. The molecule has 0 saturated heterocycles. The highest BCUT2D eigenvalue weighted by atomic mass is 35.5.